The molecule has 2 aromatic carbocycles. The molecule has 4 nitrogen and oxygen atoms in total. The third kappa shape index (κ3) is 2.67. The van der Waals surface area contributed by atoms with Crippen LogP contribution in [0, 0.1) is 5.82 Å². The van der Waals surface area contributed by atoms with Crippen molar-refractivity contribution >= 4 is 86.7 Å². The molecule has 0 aliphatic rings. The summed E-state index contributed by atoms with van der Waals surface area (Å²) in [5, 5.41) is 4.75. The van der Waals surface area contributed by atoms with Gasteiger partial charge in [-0.1, -0.05) is 34.4 Å². The van der Waals surface area contributed by atoms with Crippen molar-refractivity contribution in [3.8, 4) is 0 Å². The van der Waals surface area contributed by atoms with E-state index in [0.29, 0.717) is 5.13 Å². The Balaban J connectivity index is 1.57. The van der Waals surface area contributed by atoms with Crippen LogP contribution in [0.25, 0.3) is 30.6 Å². The van der Waals surface area contributed by atoms with Gasteiger partial charge in [0.05, 0.1) is 30.6 Å². The summed E-state index contributed by atoms with van der Waals surface area (Å²) in [6, 6.07) is 8.62. The first-order chi connectivity index (χ1) is 12.2. The van der Waals surface area contributed by atoms with Crippen molar-refractivity contribution in [3.05, 3.63) is 36.1 Å². The molecule has 3 aromatic heterocycles. The Bertz CT molecular complexity index is 1240. The third-order valence-electron chi connectivity index (χ3n) is 3.63. The molecule has 0 amide bonds. The molecule has 25 heavy (non-hydrogen) atoms. The van der Waals surface area contributed by atoms with E-state index in [4.69, 9.17) is 0 Å². The second-order valence-corrected chi connectivity index (χ2v) is 9.30. The number of nitrogens with one attached hydrogen (secondary N) is 1. The SMILES string of the molecule is CSc1nc2ccc3nc(Nc4nc5ccc(F)cc5s4)sc3c2s1. The minimum atomic E-state index is -0.250. The highest BCUT2D eigenvalue weighted by molar-refractivity contribution is 8.00. The van der Waals surface area contributed by atoms with E-state index in [1.807, 2.05) is 18.4 Å². The molecule has 5 rings (SSSR count). The van der Waals surface area contributed by atoms with Crippen LogP contribution in [0.15, 0.2) is 34.7 Å². The first-order valence-electron chi connectivity index (χ1n) is 7.27. The molecule has 1 N–H and O–H groups in total. The molecule has 0 aliphatic carbocycles. The fraction of sp³-hybridized carbons (Fsp3) is 0.0625. The number of hydrogen-bond donors (Lipinski definition) is 1. The summed E-state index contributed by atoms with van der Waals surface area (Å²) >= 11 is 6.35. The van der Waals surface area contributed by atoms with Crippen LogP contribution in [-0.4, -0.2) is 21.2 Å². The number of anilines is 2. The van der Waals surface area contributed by atoms with Crippen molar-refractivity contribution in [2.45, 2.75) is 4.34 Å². The highest BCUT2D eigenvalue weighted by atomic mass is 32.2. The van der Waals surface area contributed by atoms with Crippen LogP contribution in [-0.2, 0) is 0 Å². The van der Waals surface area contributed by atoms with Gasteiger partial charge in [-0.25, -0.2) is 19.3 Å². The number of rotatable bonds is 3. The van der Waals surface area contributed by atoms with Gasteiger partial charge in [-0.2, -0.15) is 0 Å². The molecule has 0 fully saturated rings. The first kappa shape index (κ1) is 15.4. The molecule has 9 heteroatoms. The van der Waals surface area contributed by atoms with Crippen LogP contribution in [0.1, 0.15) is 0 Å². The van der Waals surface area contributed by atoms with E-state index in [-0.39, 0.29) is 5.82 Å². The summed E-state index contributed by atoms with van der Waals surface area (Å²) in [4.78, 5) is 13.8. The van der Waals surface area contributed by atoms with Crippen molar-refractivity contribution < 1.29 is 4.39 Å². The molecule has 0 aliphatic heterocycles. The largest absolute Gasteiger partial charge is 0.307 e. The van der Waals surface area contributed by atoms with Crippen molar-refractivity contribution in [1.82, 2.24) is 15.0 Å². The van der Waals surface area contributed by atoms with Gasteiger partial charge in [-0.05, 0) is 36.6 Å². The maximum atomic E-state index is 13.3. The number of hydrogen-bond acceptors (Lipinski definition) is 8. The van der Waals surface area contributed by atoms with E-state index in [0.717, 1.165) is 35.4 Å². The van der Waals surface area contributed by atoms with Crippen LogP contribution < -0.4 is 5.32 Å². The third-order valence-corrected chi connectivity index (χ3v) is 7.77. The minimum absolute atomic E-state index is 0.250. The maximum Gasteiger partial charge on any atom is 0.190 e. The standard InChI is InChI=1S/C16H9FN4S4/c1-22-16-20-10-5-4-9-12(13(10)25-16)24-15(19-9)21-14-18-8-3-2-7(17)6-11(8)23-14/h2-6H,1H3,(H,18,19,21). The Morgan fingerprint density at radius 3 is 2.40 bits per heavy atom. The molecule has 0 radical (unpaired) electrons. The smallest absolute Gasteiger partial charge is 0.190 e. The van der Waals surface area contributed by atoms with Gasteiger partial charge in [0, 0.05) is 0 Å². The molecule has 0 atom stereocenters. The van der Waals surface area contributed by atoms with E-state index in [2.05, 4.69) is 20.3 Å². The summed E-state index contributed by atoms with van der Waals surface area (Å²) in [5.41, 5.74) is 2.74. The number of halogens is 1. The van der Waals surface area contributed by atoms with Crippen molar-refractivity contribution in [2.75, 3.05) is 11.6 Å². The summed E-state index contributed by atoms with van der Waals surface area (Å²) in [7, 11) is 0. The zero-order valence-corrected chi connectivity index (χ0v) is 16.0. The Morgan fingerprint density at radius 1 is 0.880 bits per heavy atom. The number of thiazole rings is 3. The number of nitrogens with zero attached hydrogens (tertiary/aromatic N) is 3. The lowest BCUT2D eigenvalue weighted by Gasteiger charge is -1.93. The number of fused-ring (bicyclic) bond motifs is 4. The predicted molar refractivity (Wildman–Crippen MR) is 107 cm³/mol. The molecular formula is C16H9FN4S4. The van der Waals surface area contributed by atoms with Crippen LogP contribution >= 0.6 is 45.8 Å². The molecule has 0 saturated heterocycles. The Hall–Kier alpha value is -1.81. The van der Waals surface area contributed by atoms with Crippen LogP contribution in [0.4, 0.5) is 14.7 Å². The molecular weight excluding hydrogens is 395 g/mol. The van der Waals surface area contributed by atoms with Gasteiger partial charge < -0.3 is 5.32 Å². The Kier molecular flexibility index (Phi) is 3.63. The number of thioether (sulfide) groups is 1. The molecule has 5 aromatic rings. The van der Waals surface area contributed by atoms with Gasteiger partial charge in [0.25, 0.3) is 0 Å². The van der Waals surface area contributed by atoms with Gasteiger partial charge in [-0.15, -0.1) is 11.3 Å². The van der Waals surface area contributed by atoms with Crippen molar-refractivity contribution in [3.63, 3.8) is 0 Å². The van der Waals surface area contributed by atoms with Crippen LogP contribution in [0.2, 0.25) is 0 Å². The van der Waals surface area contributed by atoms with Gasteiger partial charge in [0.15, 0.2) is 14.6 Å². The Morgan fingerprint density at radius 2 is 1.56 bits per heavy atom. The molecule has 0 bridgehead atoms. The lowest BCUT2D eigenvalue weighted by atomic mass is 10.3. The van der Waals surface area contributed by atoms with Crippen LogP contribution in [0.5, 0.6) is 0 Å². The Labute approximate surface area is 157 Å². The quantitative estimate of drug-likeness (QED) is 0.367. The highest BCUT2D eigenvalue weighted by Gasteiger charge is 2.13. The average Bonchev–Trinajstić information content (AvgIpc) is 3.28. The van der Waals surface area contributed by atoms with E-state index in [1.54, 1.807) is 40.5 Å². The lowest BCUT2D eigenvalue weighted by molar-refractivity contribution is 0.630. The van der Waals surface area contributed by atoms with Gasteiger partial charge in [-0.3, -0.25) is 0 Å². The zero-order valence-electron chi connectivity index (χ0n) is 12.7. The fourth-order valence-corrected chi connectivity index (χ4v) is 6.15. The van der Waals surface area contributed by atoms with Crippen molar-refractivity contribution in [1.29, 1.82) is 0 Å². The first-order valence-corrected chi connectivity index (χ1v) is 10.9. The molecule has 3 heterocycles. The highest BCUT2D eigenvalue weighted by Crippen LogP contribution is 2.39. The average molecular weight is 405 g/mol. The minimum Gasteiger partial charge on any atom is -0.307 e. The van der Waals surface area contributed by atoms with E-state index in [1.165, 1.54) is 28.2 Å². The van der Waals surface area contributed by atoms with Gasteiger partial charge in [0.2, 0.25) is 0 Å². The molecule has 0 saturated carbocycles. The second kappa shape index (κ2) is 5.87. The van der Waals surface area contributed by atoms with E-state index >= 15 is 0 Å². The zero-order chi connectivity index (χ0) is 17.0. The molecule has 124 valence electrons. The molecule has 0 spiro atoms. The van der Waals surface area contributed by atoms with Crippen LogP contribution in [0.3, 0.4) is 0 Å². The summed E-state index contributed by atoms with van der Waals surface area (Å²) in [5.74, 6) is -0.250. The van der Waals surface area contributed by atoms with E-state index in [9.17, 15) is 4.39 Å². The predicted octanol–water partition coefficient (Wildman–Crippen LogP) is 6.12. The second-order valence-electron chi connectivity index (χ2n) is 5.22. The summed E-state index contributed by atoms with van der Waals surface area (Å²) in [6.07, 6.45) is 2.03. The maximum absolute atomic E-state index is 13.3. The monoisotopic (exact) mass is 404 g/mol. The lowest BCUT2D eigenvalue weighted by Crippen LogP contribution is -1.87. The normalized spacial score (nSPS) is 11.8. The summed E-state index contributed by atoms with van der Waals surface area (Å²) in [6.45, 7) is 0. The van der Waals surface area contributed by atoms with E-state index < -0.39 is 0 Å². The summed E-state index contributed by atoms with van der Waals surface area (Å²) < 4.78 is 17.5. The molecule has 0 unspecified atom stereocenters. The number of aromatic nitrogens is 3. The van der Waals surface area contributed by atoms with Crippen molar-refractivity contribution in [2.24, 2.45) is 0 Å². The van der Waals surface area contributed by atoms with Gasteiger partial charge >= 0.3 is 0 Å². The number of benzene rings is 2. The fourth-order valence-electron chi connectivity index (χ4n) is 2.54. The topological polar surface area (TPSA) is 50.7 Å². The van der Waals surface area contributed by atoms with Gasteiger partial charge in [0.1, 0.15) is 5.82 Å².